The van der Waals surface area contributed by atoms with Crippen molar-refractivity contribution in [1.29, 1.82) is 0 Å². The van der Waals surface area contributed by atoms with Crippen LogP contribution in [0.15, 0.2) is 35.3 Å². The van der Waals surface area contributed by atoms with E-state index < -0.39 is 10.0 Å². The van der Waals surface area contributed by atoms with Crippen LogP contribution in [0.5, 0.6) is 0 Å². The monoisotopic (exact) mass is 378 g/mol. The van der Waals surface area contributed by atoms with Gasteiger partial charge >= 0.3 is 0 Å². The van der Waals surface area contributed by atoms with Gasteiger partial charge in [0.25, 0.3) is 5.90 Å². The van der Waals surface area contributed by atoms with E-state index in [4.69, 9.17) is 4.74 Å². The number of rotatable bonds is 8. The van der Waals surface area contributed by atoms with E-state index in [1.54, 1.807) is 4.31 Å². The molecule has 2 heterocycles. The molecule has 142 valence electrons. The molecule has 0 N–H and O–H groups in total. The number of piperidine rings is 1. The summed E-state index contributed by atoms with van der Waals surface area (Å²) in [6.07, 6.45) is 3.94. The van der Waals surface area contributed by atoms with Gasteiger partial charge in [-0.05, 0) is 37.2 Å². The molecule has 0 amide bonds. The Bertz CT molecular complexity index is 738. The smallest absolute Gasteiger partial charge is 0.253 e. The topological polar surface area (TPSA) is 76.0 Å². The van der Waals surface area contributed by atoms with Crippen molar-refractivity contribution in [3.05, 3.63) is 35.9 Å². The van der Waals surface area contributed by atoms with Gasteiger partial charge < -0.3 is 4.74 Å². The fourth-order valence-corrected chi connectivity index (χ4v) is 5.08. The molecule has 1 aromatic carbocycles. The molecule has 3 rings (SSSR count). The maximum Gasteiger partial charge on any atom is 0.253 e. The molecule has 0 unspecified atom stereocenters. The number of carbonyl (C=O) groups excluding carboxylic acids is 1. The molecule has 0 aliphatic carbocycles. The van der Waals surface area contributed by atoms with Crippen molar-refractivity contribution in [2.45, 2.75) is 37.9 Å². The van der Waals surface area contributed by atoms with Crippen LogP contribution in [0.25, 0.3) is 0 Å². The van der Waals surface area contributed by atoms with Crippen LogP contribution in [0.2, 0.25) is 0 Å². The largest absolute Gasteiger partial charge is 0.473 e. The summed E-state index contributed by atoms with van der Waals surface area (Å²) in [7, 11) is -3.26. The van der Waals surface area contributed by atoms with E-state index in [-0.39, 0.29) is 17.4 Å². The Morgan fingerprint density at radius 2 is 1.92 bits per heavy atom. The number of hydrogen-bond acceptors (Lipinski definition) is 5. The summed E-state index contributed by atoms with van der Waals surface area (Å²) in [4.78, 5) is 15.9. The summed E-state index contributed by atoms with van der Waals surface area (Å²) < 4.78 is 31.9. The molecule has 0 aromatic heterocycles. The average molecular weight is 378 g/mol. The lowest BCUT2D eigenvalue weighted by atomic mass is 9.92. The zero-order valence-corrected chi connectivity index (χ0v) is 15.8. The predicted octanol–water partition coefficient (Wildman–Crippen LogP) is 2.40. The Hall–Kier alpha value is -1.73. The van der Waals surface area contributed by atoms with Crippen LogP contribution in [0, 0.1) is 5.92 Å². The van der Waals surface area contributed by atoms with Crippen LogP contribution < -0.4 is 0 Å². The van der Waals surface area contributed by atoms with Gasteiger partial charge in [0.2, 0.25) is 15.8 Å². The number of ether oxygens (including phenoxy) is 1. The van der Waals surface area contributed by atoms with E-state index in [1.807, 2.05) is 30.3 Å². The molecule has 0 radical (unpaired) electrons. The van der Waals surface area contributed by atoms with Crippen molar-refractivity contribution < 1.29 is 17.9 Å². The highest BCUT2D eigenvalue weighted by atomic mass is 32.2. The average Bonchev–Trinajstić information content (AvgIpc) is 3.17. The standard InChI is InChI=1S/C19H26N2O4S/c22-18(19-20-11-14-25-19)8-4-7-16-9-12-21(13-10-16)26(23,24)15-17-5-2-1-3-6-17/h1-3,5-6,16H,4,7-15H2. The van der Waals surface area contributed by atoms with Crippen LogP contribution in [-0.2, 0) is 25.3 Å². The van der Waals surface area contributed by atoms with Crippen molar-refractivity contribution >= 4 is 21.7 Å². The lowest BCUT2D eigenvalue weighted by Crippen LogP contribution is -2.39. The summed E-state index contributed by atoms with van der Waals surface area (Å²) >= 11 is 0. The normalized spacial score (nSPS) is 19.2. The molecule has 0 saturated carbocycles. The van der Waals surface area contributed by atoms with Gasteiger partial charge in [-0.3, -0.25) is 4.79 Å². The first kappa shape index (κ1) is 19.0. The number of Topliss-reactive ketones (excluding diaryl/α,β-unsaturated/α-hetero) is 1. The van der Waals surface area contributed by atoms with Crippen molar-refractivity contribution in [1.82, 2.24) is 4.31 Å². The minimum absolute atomic E-state index is 0.00891. The highest BCUT2D eigenvalue weighted by Gasteiger charge is 2.28. The fourth-order valence-electron chi connectivity index (χ4n) is 3.51. The molecule has 2 aliphatic heterocycles. The van der Waals surface area contributed by atoms with Gasteiger partial charge in [-0.1, -0.05) is 30.3 Å². The second-order valence-corrected chi connectivity index (χ2v) is 8.90. The number of aliphatic imine (C=N–C) groups is 1. The van der Waals surface area contributed by atoms with Gasteiger partial charge in [-0.25, -0.2) is 17.7 Å². The van der Waals surface area contributed by atoms with Gasteiger partial charge in [0.05, 0.1) is 12.3 Å². The van der Waals surface area contributed by atoms with Gasteiger partial charge in [-0.15, -0.1) is 0 Å². The Morgan fingerprint density at radius 3 is 2.58 bits per heavy atom. The maximum absolute atomic E-state index is 12.6. The third-order valence-electron chi connectivity index (χ3n) is 5.00. The molecule has 0 bridgehead atoms. The van der Waals surface area contributed by atoms with Crippen LogP contribution in [0.3, 0.4) is 0 Å². The third-order valence-corrected chi connectivity index (χ3v) is 6.85. The summed E-state index contributed by atoms with van der Waals surface area (Å²) in [6.45, 7) is 2.24. The molecule has 1 aromatic rings. The van der Waals surface area contributed by atoms with E-state index in [1.165, 1.54) is 0 Å². The molecule has 1 fully saturated rings. The van der Waals surface area contributed by atoms with Crippen molar-refractivity contribution in [2.24, 2.45) is 10.9 Å². The fraction of sp³-hybridized carbons (Fsp3) is 0.579. The van der Waals surface area contributed by atoms with E-state index >= 15 is 0 Å². The molecule has 6 nitrogen and oxygen atoms in total. The second-order valence-electron chi connectivity index (χ2n) is 6.93. The van der Waals surface area contributed by atoms with E-state index in [9.17, 15) is 13.2 Å². The van der Waals surface area contributed by atoms with Crippen LogP contribution >= 0.6 is 0 Å². The predicted molar refractivity (Wildman–Crippen MR) is 100 cm³/mol. The van der Waals surface area contributed by atoms with Crippen molar-refractivity contribution in [2.75, 3.05) is 26.2 Å². The van der Waals surface area contributed by atoms with Gasteiger partial charge in [-0.2, -0.15) is 0 Å². The summed E-state index contributed by atoms with van der Waals surface area (Å²) in [6, 6.07) is 9.30. The molecule has 26 heavy (non-hydrogen) atoms. The zero-order valence-electron chi connectivity index (χ0n) is 15.0. The Labute approximate surface area is 155 Å². The molecule has 2 aliphatic rings. The molecule has 0 spiro atoms. The molecule has 7 heteroatoms. The zero-order chi connectivity index (χ0) is 18.4. The van der Waals surface area contributed by atoms with E-state index in [0.717, 1.165) is 31.2 Å². The number of benzene rings is 1. The van der Waals surface area contributed by atoms with Crippen LogP contribution in [0.4, 0.5) is 0 Å². The van der Waals surface area contributed by atoms with Crippen LogP contribution in [0.1, 0.15) is 37.7 Å². The maximum atomic E-state index is 12.6. The Kier molecular flexibility index (Phi) is 6.43. The Balaban J connectivity index is 1.40. The van der Waals surface area contributed by atoms with Gasteiger partial charge in [0, 0.05) is 19.5 Å². The second kappa shape index (κ2) is 8.77. The van der Waals surface area contributed by atoms with E-state index in [2.05, 4.69) is 4.99 Å². The highest BCUT2D eigenvalue weighted by molar-refractivity contribution is 7.88. The first-order chi connectivity index (χ1) is 12.5. The minimum Gasteiger partial charge on any atom is -0.473 e. The minimum atomic E-state index is -3.26. The molecular formula is C19H26N2O4S. The quantitative estimate of drug-likeness (QED) is 0.696. The first-order valence-electron chi connectivity index (χ1n) is 9.27. The number of carbonyl (C=O) groups is 1. The molecule has 1 saturated heterocycles. The number of hydrogen-bond donors (Lipinski definition) is 0. The SMILES string of the molecule is O=C(CCCC1CCN(S(=O)(=O)Cc2ccccc2)CC1)C1=NCCO1. The highest BCUT2D eigenvalue weighted by Crippen LogP contribution is 2.25. The number of nitrogens with zero attached hydrogens (tertiary/aromatic N) is 2. The van der Waals surface area contributed by atoms with Gasteiger partial charge in [0.1, 0.15) is 6.61 Å². The first-order valence-corrected chi connectivity index (χ1v) is 10.9. The molecular weight excluding hydrogens is 352 g/mol. The summed E-state index contributed by atoms with van der Waals surface area (Å²) in [5, 5.41) is 0. The number of sulfonamides is 1. The van der Waals surface area contributed by atoms with Crippen LogP contribution in [-0.4, -0.2) is 50.6 Å². The van der Waals surface area contributed by atoms with E-state index in [0.29, 0.717) is 38.6 Å². The lowest BCUT2D eigenvalue weighted by Gasteiger charge is -2.31. The Morgan fingerprint density at radius 1 is 1.19 bits per heavy atom. The number of ketones is 1. The summed E-state index contributed by atoms with van der Waals surface area (Å²) in [5.74, 6) is 0.824. The molecule has 0 atom stereocenters. The third kappa shape index (κ3) is 5.14. The van der Waals surface area contributed by atoms with Crippen molar-refractivity contribution in [3.8, 4) is 0 Å². The van der Waals surface area contributed by atoms with Crippen molar-refractivity contribution in [3.63, 3.8) is 0 Å². The summed E-state index contributed by atoms with van der Waals surface area (Å²) in [5.41, 5.74) is 0.824. The van der Waals surface area contributed by atoms with Gasteiger partial charge in [0.15, 0.2) is 0 Å². The lowest BCUT2D eigenvalue weighted by molar-refractivity contribution is -0.114.